The van der Waals surface area contributed by atoms with E-state index in [1.54, 1.807) is 23.1 Å². The number of likely N-dealkylation sites (tertiary alicyclic amines) is 1. The lowest BCUT2D eigenvalue weighted by Gasteiger charge is -2.28. The van der Waals surface area contributed by atoms with Gasteiger partial charge in [-0.15, -0.1) is 0 Å². The second-order valence-corrected chi connectivity index (χ2v) is 15.2. The molecule has 300 valence electrons. The number of nitrogens with zero attached hydrogens (tertiary/aromatic N) is 2. The maximum Gasteiger partial charge on any atom is 0.416 e. The molecule has 4 nitrogen and oxygen atoms in total. The van der Waals surface area contributed by atoms with Gasteiger partial charge in [-0.2, -0.15) is 26.3 Å². The third-order valence-electron chi connectivity index (χ3n) is 11.2. The van der Waals surface area contributed by atoms with E-state index in [-0.39, 0.29) is 24.7 Å². The van der Waals surface area contributed by atoms with Crippen molar-refractivity contribution in [2.24, 2.45) is 0 Å². The van der Waals surface area contributed by atoms with E-state index < -0.39 is 35.4 Å². The number of benzene rings is 5. The number of hydrogen-bond acceptors (Lipinski definition) is 2. The van der Waals surface area contributed by atoms with Gasteiger partial charge in [0.2, 0.25) is 0 Å². The molecule has 0 N–H and O–H groups in total. The number of hydrogen-bond donors (Lipinski definition) is 0. The van der Waals surface area contributed by atoms with Crippen LogP contribution < -0.4 is 0 Å². The van der Waals surface area contributed by atoms with Gasteiger partial charge in [0, 0.05) is 47.2 Å². The SMILES string of the molecule is CCCc1ccc(C(=O)N2CCC(c3cn(Cc4ccc(C(F)(F)F)cc4)c4ccccc34)C2C(=O)c2ccc(CCC)cc2Cc2ccc(C(F)(F)F)cc2)cc1. The van der Waals surface area contributed by atoms with Crippen molar-refractivity contribution in [1.29, 1.82) is 0 Å². The molecule has 1 aliphatic heterocycles. The number of alkyl halides is 6. The van der Waals surface area contributed by atoms with Gasteiger partial charge in [0.15, 0.2) is 5.78 Å². The molecule has 2 heterocycles. The minimum Gasteiger partial charge on any atom is -0.343 e. The molecule has 1 aliphatic rings. The lowest BCUT2D eigenvalue weighted by atomic mass is 9.84. The van der Waals surface area contributed by atoms with E-state index in [2.05, 4.69) is 6.92 Å². The zero-order valence-corrected chi connectivity index (χ0v) is 32.3. The van der Waals surface area contributed by atoms with Gasteiger partial charge in [-0.25, -0.2) is 0 Å². The third-order valence-corrected chi connectivity index (χ3v) is 11.2. The molecule has 2 unspecified atom stereocenters. The molecule has 1 saturated heterocycles. The number of rotatable bonds is 12. The zero-order chi connectivity index (χ0) is 41.2. The van der Waals surface area contributed by atoms with Crippen LogP contribution in [-0.2, 0) is 38.2 Å². The number of para-hydroxylation sites is 1. The van der Waals surface area contributed by atoms with Crippen molar-refractivity contribution in [2.75, 3.05) is 6.54 Å². The van der Waals surface area contributed by atoms with E-state index >= 15 is 4.79 Å². The minimum absolute atomic E-state index is 0.216. The molecule has 5 aromatic carbocycles. The van der Waals surface area contributed by atoms with Gasteiger partial charge in [-0.05, 0) is 102 Å². The fraction of sp³-hybridized carbons (Fsp3) is 0.292. The predicted octanol–water partition coefficient (Wildman–Crippen LogP) is 12.1. The van der Waals surface area contributed by atoms with Crippen molar-refractivity contribution in [2.45, 2.75) is 83.2 Å². The lowest BCUT2D eigenvalue weighted by molar-refractivity contribution is -0.138. The summed E-state index contributed by atoms with van der Waals surface area (Å²) in [5.74, 6) is -0.976. The highest BCUT2D eigenvalue weighted by Gasteiger charge is 2.44. The summed E-state index contributed by atoms with van der Waals surface area (Å²) in [7, 11) is 0. The van der Waals surface area contributed by atoms with E-state index in [0.717, 1.165) is 77.5 Å². The molecule has 0 radical (unpaired) electrons. The highest BCUT2D eigenvalue weighted by Crippen LogP contribution is 2.41. The number of carbonyl (C=O) groups excluding carboxylic acids is 2. The minimum atomic E-state index is -4.48. The zero-order valence-electron chi connectivity index (χ0n) is 32.3. The average molecular weight is 795 g/mol. The number of carbonyl (C=O) groups is 2. The first-order valence-corrected chi connectivity index (χ1v) is 19.7. The van der Waals surface area contributed by atoms with E-state index in [1.807, 2.05) is 66.2 Å². The summed E-state index contributed by atoms with van der Waals surface area (Å²) in [4.78, 5) is 31.4. The first-order chi connectivity index (χ1) is 27.7. The second-order valence-electron chi connectivity index (χ2n) is 15.2. The average Bonchev–Trinajstić information content (AvgIpc) is 3.80. The van der Waals surface area contributed by atoms with Crippen LogP contribution in [0.4, 0.5) is 26.3 Å². The van der Waals surface area contributed by atoms with Gasteiger partial charge in [0.1, 0.15) is 6.04 Å². The number of aryl methyl sites for hydroxylation is 2. The Hall–Kier alpha value is -5.64. The summed E-state index contributed by atoms with van der Waals surface area (Å²) < 4.78 is 82.3. The summed E-state index contributed by atoms with van der Waals surface area (Å²) in [5, 5.41) is 0.874. The summed E-state index contributed by atoms with van der Waals surface area (Å²) >= 11 is 0. The summed E-state index contributed by atoms with van der Waals surface area (Å²) in [6.07, 6.45) is -2.86. The molecule has 0 spiro atoms. The molecule has 58 heavy (non-hydrogen) atoms. The highest BCUT2D eigenvalue weighted by atomic mass is 19.4. The molecule has 2 atom stereocenters. The highest BCUT2D eigenvalue weighted by molar-refractivity contribution is 6.06. The maximum atomic E-state index is 15.3. The monoisotopic (exact) mass is 794 g/mol. The van der Waals surface area contributed by atoms with Crippen molar-refractivity contribution in [3.63, 3.8) is 0 Å². The summed E-state index contributed by atoms with van der Waals surface area (Å²) in [5.41, 5.74) is 5.13. The number of halogens is 6. The number of fused-ring (bicyclic) bond motifs is 1. The van der Waals surface area contributed by atoms with Gasteiger partial charge < -0.3 is 9.47 Å². The Morgan fingerprint density at radius 1 is 0.672 bits per heavy atom. The number of amides is 1. The van der Waals surface area contributed by atoms with Crippen molar-refractivity contribution < 1.29 is 35.9 Å². The molecule has 0 bridgehead atoms. The van der Waals surface area contributed by atoms with Crippen LogP contribution >= 0.6 is 0 Å². The molecular weight excluding hydrogens is 751 g/mol. The normalized spacial score (nSPS) is 16.0. The van der Waals surface area contributed by atoms with Crippen LogP contribution in [0, 0.1) is 0 Å². The van der Waals surface area contributed by atoms with Crippen molar-refractivity contribution >= 4 is 22.6 Å². The van der Waals surface area contributed by atoms with Crippen LogP contribution in [0.1, 0.15) is 104 Å². The molecule has 0 saturated carbocycles. The van der Waals surface area contributed by atoms with Gasteiger partial charge in [-0.3, -0.25) is 9.59 Å². The van der Waals surface area contributed by atoms with Crippen LogP contribution in [0.5, 0.6) is 0 Å². The molecule has 6 aromatic rings. The Kier molecular flexibility index (Phi) is 11.7. The molecule has 7 rings (SSSR count). The number of aromatic nitrogens is 1. The molecule has 1 aromatic heterocycles. The van der Waals surface area contributed by atoms with E-state index in [1.165, 1.54) is 24.3 Å². The van der Waals surface area contributed by atoms with Crippen LogP contribution in [0.15, 0.2) is 121 Å². The summed E-state index contributed by atoms with van der Waals surface area (Å²) in [6.45, 7) is 4.72. The van der Waals surface area contributed by atoms with Gasteiger partial charge in [-0.1, -0.05) is 99.5 Å². The van der Waals surface area contributed by atoms with Gasteiger partial charge in [0.05, 0.1) is 11.1 Å². The molecule has 10 heteroatoms. The third kappa shape index (κ3) is 8.61. The lowest BCUT2D eigenvalue weighted by Crippen LogP contribution is -2.43. The van der Waals surface area contributed by atoms with Crippen molar-refractivity contribution in [3.8, 4) is 0 Å². The number of Topliss-reactive ketones (excluding diaryl/α,β-unsaturated/α-hetero) is 1. The van der Waals surface area contributed by atoms with Crippen LogP contribution in [0.2, 0.25) is 0 Å². The van der Waals surface area contributed by atoms with E-state index in [4.69, 9.17) is 0 Å². The van der Waals surface area contributed by atoms with Crippen LogP contribution in [0.25, 0.3) is 10.9 Å². The first kappa shape index (κ1) is 40.6. The maximum absolute atomic E-state index is 15.3. The Labute approximate surface area is 334 Å². The molecule has 1 amide bonds. The topological polar surface area (TPSA) is 42.3 Å². The second kappa shape index (κ2) is 16.7. The Morgan fingerprint density at radius 2 is 1.24 bits per heavy atom. The predicted molar refractivity (Wildman–Crippen MR) is 214 cm³/mol. The van der Waals surface area contributed by atoms with E-state index in [0.29, 0.717) is 40.8 Å². The largest absolute Gasteiger partial charge is 0.416 e. The van der Waals surface area contributed by atoms with Gasteiger partial charge in [0.25, 0.3) is 5.91 Å². The standard InChI is InChI=1S/C48H44F6N2O2/c1-3-7-31-11-18-35(19-12-31)46(58)56-26-25-41(42-30-55(43-10-6-5-9-40(42)43)29-34-15-22-38(23-16-34)48(52,53)54)44(56)45(57)39-24-17-32(8-4-2)27-36(39)28-33-13-20-37(21-14-33)47(49,50)51/h5-6,9-24,27,30,41,44H,3-4,7-8,25-26,28-29H2,1-2H3. The van der Waals surface area contributed by atoms with E-state index in [9.17, 15) is 31.1 Å². The molecule has 0 aliphatic carbocycles. The quantitative estimate of drug-likeness (QED) is 0.0915. The summed E-state index contributed by atoms with van der Waals surface area (Å²) in [6, 6.07) is 29.9. The fourth-order valence-electron chi connectivity index (χ4n) is 8.30. The molecular formula is C48H44F6N2O2. The first-order valence-electron chi connectivity index (χ1n) is 19.7. The van der Waals surface area contributed by atoms with Gasteiger partial charge >= 0.3 is 12.4 Å². The molecule has 1 fully saturated rings. The van der Waals surface area contributed by atoms with Crippen LogP contribution in [-0.4, -0.2) is 33.7 Å². The Bertz CT molecular complexity index is 2390. The Balaban J connectivity index is 1.30. The smallest absolute Gasteiger partial charge is 0.343 e. The fourth-order valence-corrected chi connectivity index (χ4v) is 8.30. The number of ketones is 1. The van der Waals surface area contributed by atoms with Crippen molar-refractivity contribution in [1.82, 2.24) is 9.47 Å². The van der Waals surface area contributed by atoms with Crippen molar-refractivity contribution in [3.05, 3.63) is 177 Å². The Morgan fingerprint density at radius 3 is 1.86 bits per heavy atom. The van der Waals surface area contributed by atoms with Crippen LogP contribution in [0.3, 0.4) is 0 Å².